The van der Waals surface area contributed by atoms with Crippen LogP contribution >= 0.6 is 11.6 Å². The summed E-state index contributed by atoms with van der Waals surface area (Å²) in [4.78, 5) is 9.26. The zero-order valence-corrected chi connectivity index (χ0v) is 13.4. The monoisotopic (exact) mass is 300 g/mol. The summed E-state index contributed by atoms with van der Waals surface area (Å²) in [5.74, 6) is 1.36. The van der Waals surface area contributed by atoms with Gasteiger partial charge in [-0.1, -0.05) is 55.8 Å². The van der Waals surface area contributed by atoms with Gasteiger partial charge >= 0.3 is 0 Å². The Labute approximate surface area is 131 Å². The quantitative estimate of drug-likeness (QED) is 0.686. The van der Waals surface area contributed by atoms with E-state index in [2.05, 4.69) is 31.0 Å². The van der Waals surface area contributed by atoms with Gasteiger partial charge in [-0.3, -0.25) is 0 Å². The summed E-state index contributed by atoms with van der Waals surface area (Å²) in [6.07, 6.45) is 4.77. The van der Waals surface area contributed by atoms with Crippen molar-refractivity contribution in [2.45, 2.75) is 45.4 Å². The molecule has 21 heavy (non-hydrogen) atoms. The van der Waals surface area contributed by atoms with E-state index in [0.717, 1.165) is 29.9 Å². The van der Waals surface area contributed by atoms with Gasteiger partial charge < -0.3 is 0 Å². The van der Waals surface area contributed by atoms with Gasteiger partial charge in [0.1, 0.15) is 11.0 Å². The first-order valence-electron chi connectivity index (χ1n) is 7.63. The zero-order valence-electron chi connectivity index (χ0n) is 12.6. The topological polar surface area (TPSA) is 25.8 Å². The Balaban J connectivity index is 1.89. The van der Waals surface area contributed by atoms with Gasteiger partial charge in [-0.25, -0.2) is 9.97 Å². The normalized spacial score (nSPS) is 18.6. The molecule has 0 saturated heterocycles. The molecule has 110 valence electrons. The van der Waals surface area contributed by atoms with E-state index in [1.54, 1.807) is 0 Å². The van der Waals surface area contributed by atoms with E-state index in [9.17, 15) is 0 Å². The van der Waals surface area contributed by atoms with Crippen LogP contribution in [-0.4, -0.2) is 9.97 Å². The molecule has 3 heteroatoms. The molecule has 2 nitrogen and oxygen atoms in total. The second-order valence-corrected chi connectivity index (χ2v) is 7.13. The Morgan fingerprint density at radius 1 is 1.05 bits per heavy atom. The summed E-state index contributed by atoms with van der Waals surface area (Å²) < 4.78 is 0. The van der Waals surface area contributed by atoms with Crippen molar-refractivity contribution >= 4 is 11.6 Å². The summed E-state index contributed by atoms with van der Waals surface area (Å²) in [6, 6.07) is 12.0. The Kier molecular flexibility index (Phi) is 3.99. The van der Waals surface area contributed by atoms with Crippen molar-refractivity contribution in [3.8, 4) is 11.3 Å². The minimum absolute atomic E-state index is 0.444. The van der Waals surface area contributed by atoms with Gasteiger partial charge in [0.05, 0.1) is 5.69 Å². The Morgan fingerprint density at radius 3 is 2.38 bits per heavy atom. The predicted octanol–water partition coefficient (Wildman–Crippen LogP) is 5.48. The molecule has 1 aromatic heterocycles. The highest BCUT2D eigenvalue weighted by Crippen LogP contribution is 2.41. The van der Waals surface area contributed by atoms with Gasteiger partial charge in [0.2, 0.25) is 0 Å². The minimum atomic E-state index is 0.444. The molecule has 0 aliphatic heterocycles. The highest BCUT2D eigenvalue weighted by Gasteiger charge is 2.29. The smallest absolute Gasteiger partial charge is 0.133 e. The number of rotatable bonds is 2. The van der Waals surface area contributed by atoms with Crippen LogP contribution in [0.4, 0.5) is 0 Å². The van der Waals surface area contributed by atoms with Crippen molar-refractivity contribution in [1.29, 1.82) is 0 Å². The third-order valence-corrected chi connectivity index (χ3v) is 4.68. The van der Waals surface area contributed by atoms with E-state index in [1.807, 2.05) is 24.3 Å². The lowest BCUT2D eigenvalue weighted by molar-refractivity contribution is 0.221. The molecule has 0 unspecified atom stereocenters. The maximum absolute atomic E-state index is 6.22. The highest BCUT2D eigenvalue weighted by molar-refractivity contribution is 6.29. The largest absolute Gasteiger partial charge is 0.232 e. The molecule has 1 aromatic carbocycles. The van der Waals surface area contributed by atoms with Crippen LogP contribution in [0.1, 0.15) is 51.3 Å². The van der Waals surface area contributed by atoms with Gasteiger partial charge in [0, 0.05) is 17.5 Å². The average molecular weight is 301 g/mol. The Bertz CT molecular complexity index is 612. The number of benzene rings is 1. The molecule has 1 saturated carbocycles. The Morgan fingerprint density at radius 2 is 1.71 bits per heavy atom. The van der Waals surface area contributed by atoms with Crippen LogP contribution in [0.5, 0.6) is 0 Å². The minimum Gasteiger partial charge on any atom is -0.232 e. The first-order chi connectivity index (χ1) is 10.0. The Hall–Kier alpha value is -1.41. The zero-order chi connectivity index (χ0) is 14.9. The molecule has 2 aromatic rings. The van der Waals surface area contributed by atoms with Gasteiger partial charge in [0.15, 0.2) is 0 Å². The molecule has 0 spiro atoms. The molecule has 1 fully saturated rings. The number of aromatic nitrogens is 2. The van der Waals surface area contributed by atoms with Gasteiger partial charge in [0.25, 0.3) is 0 Å². The highest BCUT2D eigenvalue weighted by atomic mass is 35.5. The lowest BCUT2D eigenvalue weighted by Crippen LogP contribution is -2.21. The SMILES string of the molecule is CC1(C)CCC(c2nc(Cl)cc(-c3ccccc3)n2)CC1. The van der Waals surface area contributed by atoms with E-state index in [4.69, 9.17) is 16.6 Å². The molecule has 1 heterocycles. The fraction of sp³-hybridized carbons (Fsp3) is 0.444. The molecule has 0 N–H and O–H groups in total. The summed E-state index contributed by atoms with van der Waals surface area (Å²) in [6.45, 7) is 4.69. The first-order valence-corrected chi connectivity index (χ1v) is 8.01. The standard InChI is InChI=1S/C18H21ClN2/c1-18(2)10-8-14(9-11-18)17-20-15(12-16(19)21-17)13-6-4-3-5-7-13/h3-7,12,14H,8-11H2,1-2H3. The van der Waals surface area contributed by atoms with Crippen molar-refractivity contribution in [2.24, 2.45) is 5.41 Å². The maximum Gasteiger partial charge on any atom is 0.133 e. The molecule has 3 rings (SSSR count). The molecule has 0 atom stereocenters. The lowest BCUT2D eigenvalue weighted by atomic mass is 9.73. The molecule has 0 bridgehead atoms. The molecule has 0 radical (unpaired) electrons. The van der Waals surface area contributed by atoms with E-state index in [0.29, 0.717) is 16.5 Å². The molecule has 1 aliphatic rings. The van der Waals surface area contributed by atoms with Crippen LogP contribution in [0.2, 0.25) is 5.15 Å². The van der Waals surface area contributed by atoms with Crippen molar-refractivity contribution in [2.75, 3.05) is 0 Å². The third-order valence-electron chi connectivity index (χ3n) is 4.49. The van der Waals surface area contributed by atoms with Crippen LogP contribution in [-0.2, 0) is 0 Å². The fourth-order valence-corrected chi connectivity index (χ4v) is 3.22. The lowest BCUT2D eigenvalue weighted by Gasteiger charge is -2.33. The van der Waals surface area contributed by atoms with Gasteiger partial charge in [-0.05, 0) is 31.1 Å². The van der Waals surface area contributed by atoms with E-state index in [1.165, 1.54) is 12.8 Å². The summed E-state index contributed by atoms with van der Waals surface area (Å²) >= 11 is 6.22. The fourth-order valence-electron chi connectivity index (χ4n) is 3.03. The van der Waals surface area contributed by atoms with E-state index in [-0.39, 0.29) is 0 Å². The molecule has 0 amide bonds. The summed E-state index contributed by atoms with van der Waals surface area (Å²) in [5.41, 5.74) is 2.48. The number of hydrogen-bond acceptors (Lipinski definition) is 2. The van der Waals surface area contributed by atoms with Crippen LogP contribution in [0, 0.1) is 5.41 Å². The summed E-state index contributed by atoms with van der Waals surface area (Å²) in [5, 5.41) is 0.545. The van der Waals surface area contributed by atoms with Crippen molar-refractivity contribution in [3.05, 3.63) is 47.4 Å². The van der Waals surface area contributed by atoms with E-state index >= 15 is 0 Å². The third kappa shape index (κ3) is 3.44. The number of nitrogens with zero attached hydrogens (tertiary/aromatic N) is 2. The van der Waals surface area contributed by atoms with Gasteiger partial charge in [-0.2, -0.15) is 0 Å². The van der Waals surface area contributed by atoms with Crippen LogP contribution < -0.4 is 0 Å². The van der Waals surface area contributed by atoms with E-state index < -0.39 is 0 Å². The first kappa shape index (κ1) is 14.5. The second-order valence-electron chi connectivity index (χ2n) is 6.74. The molecular weight excluding hydrogens is 280 g/mol. The van der Waals surface area contributed by atoms with Gasteiger partial charge in [-0.15, -0.1) is 0 Å². The number of halogens is 1. The van der Waals surface area contributed by atoms with Crippen LogP contribution in [0.3, 0.4) is 0 Å². The van der Waals surface area contributed by atoms with Crippen molar-refractivity contribution < 1.29 is 0 Å². The summed E-state index contributed by atoms with van der Waals surface area (Å²) in [7, 11) is 0. The molecule has 1 aliphatic carbocycles. The predicted molar refractivity (Wildman–Crippen MR) is 87.5 cm³/mol. The van der Waals surface area contributed by atoms with Crippen molar-refractivity contribution in [3.63, 3.8) is 0 Å². The maximum atomic E-state index is 6.22. The van der Waals surface area contributed by atoms with Crippen LogP contribution in [0.25, 0.3) is 11.3 Å². The van der Waals surface area contributed by atoms with Crippen molar-refractivity contribution in [1.82, 2.24) is 9.97 Å². The van der Waals surface area contributed by atoms with Crippen LogP contribution in [0.15, 0.2) is 36.4 Å². The average Bonchev–Trinajstić information content (AvgIpc) is 2.47. The second kappa shape index (κ2) is 5.76. The molecular formula is C18H21ClN2. The number of hydrogen-bond donors (Lipinski definition) is 0.